The predicted octanol–water partition coefficient (Wildman–Crippen LogP) is 6.90. The van der Waals surface area contributed by atoms with Crippen LogP contribution in [0.5, 0.6) is 0 Å². The fourth-order valence-corrected chi connectivity index (χ4v) is 5.47. The second-order valence-electron chi connectivity index (χ2n) is 9.71. The fraction of sp³-hybridized carbons (Fsp3) is 0.310. The van der Waals surface area contributed by atoms with Gasteiger partial charge in [0.15, 0.2) is 0 Å². The van der Waals surface area contributed by atoms with Crippen molar-refractivity contribution in [1.82, 2.24) is 0 Å². The number of thioether (sulfide) groups is 1. The molecule has 0 unspecified atom stereocenters. The van der Waals surface area contributed by atoms with Crippen molar-refractivity contribution < 1.29 is 9.59 Å². The first-order valence-electron chi connectivity index (χ1n) is 11.8. The number of benzene rings is 3. The van der Waals surface area contributed by atoms with Gasteiger partial charge >= 0.3 is 0 Å². The minimum Gasteiger partial charge on any atom is -0.326 e. The molecule has 0 aliphatic carbocycles. The molecule has 4 rings (SSSR count). The van der Waals surface area contributed by atoms with Gasteiger partial charge < -0.3 is 5.32 Å². The van der Waals surface area contributed by atoms with Crippen LogP contribution in [-0.2, 0) is 15.0 Å². The van der Waals surface area contributed by atoms with E-state index in [1.165, 1.54) is 5.56 Å². The summed E-state index contributed by atoms with van der Waals surface area (Å²) in [6.07, 6.45) is 0.734. The van der Waals surface area contributed by atoms with Crippen LogP contribution in [0.2, 0.25) is 0 Å². The van der Waals surface area contributed by atoms with Crippen molar-refractivity contribution in [1.29, 1.82) is 0 Å². The maximum absolute atomic E-state index is 12.9. The van der Waals surface area contributed by atoms with E-state index >= 15 is 0 Å². The zero-order chi connectivity index (χ0) is 24.3. The summed E-state index contributed by atoms with van der Waals surface area (Å²) in [5.41, 5.74) is 5.06. The van der Waals surface area contributed by atoms with Gasteiger partial charge in [-0.1, -0.05) is 82.3 Å². The molecule has 3 aromatic rings. The minimum absolute atomic E-state index is 0.00701. The van der Waals surface area contributed by atoms with Crippen molar-refractivity contribution in [2.24, 2.45) is 0 Å². The molecular weight excluding hydrogens is 440 g/mol. The molecule has 0 saturated carbocycles. The number of amides is 2. The first kappa shape index (κ1) is 24.1. The Morgan fingerprint density at radius 1 is 1.00 bits per heavy atom. The molecule has 1 saturated heterocycles. The Morgan fingerprint density at radius 3 is 2.24 bits per heavy atom. The molecule has 0 radical (unpaired) electrons. The molecule has 34 heavy (non-hydrogen) atoms. The van der Waals surface area contributed by atoms with Crippen LogP contribution in [0.25, 0.3) is 0 Å². The third-order valence-corrected chi connectivity index (χ3v) is 7.48. The Labute approximate surface area is 206 Å². The molecule has 3 aromatic carbocycles. The zero-order valence-electron chi connectivity index (χ0n) is 20.2. The summed E-state index contributed by atoms with van der Waals surface area (Å²) in [6, 6.07) is 26.0. The number of nitrogens with zero attached hydrogens (tertiary/aromatic N) is 1. The van der Waals surface area contributed by atoms with Gasteiger partial charge in [0.2, 0.25) is 11.8 Å². The average molecular weight is 473 g/mol. The molecule has 1 aliphatic heterocycles. The van der Waals surface area contributed by atoms with E-state index in [-0.39, 0.29) is 28.5 Å². The number of rotatable bonds is 6. The second-order valence-corrected chi connectivity index (χ2v) is 10.8. The molecular formula is C29H32N2O2S. The number of carbonyl (C=O) groups excluding carboxylic acids is 2. The Kier molecular flexibility index (Phi) is 7.13. The standard InChI is InChI=1S/C29H32N2O2S/c1-5-25(20-9-7-6-8-10-20)27(33)30-23-15-11-21(12-16-23)28-31(26(32)19-34-28)24-17-13-22(14-18-24)29(2,3)4/h6-18,25,28H,5,19H2,1-4H3,(H,30,33)/t25-,28+/m0/s1. The summed E-state index contributed by atoms with van der Waals surface area (Å²) in [5.74, 6) is 0.381. The molecule has 0 bridgehead atoms. The van der Waals surface area contributed by atoms with Crippen LogP contribution in [0.3, 0.4) is 0 Å². The van der Waals surface area contributed by atoms with Gasteiger partial charge in [0.05, 0.1) is 11.7 Å². The van der Waals surface area contributed by atoms with Crippen LogP contribution in [0.15, 0.2) is 78.9 Å². The van der Waals surface area contributed by atoms with Crippen molar-refractivity contribution in [3.8, 4) is 0 Å². The summed E-state index contributed by atoms with van der Waals surface area (Å²) in [6.45, 7) is 8.58. The number of anilines is 2. The van der Waals surface area contributed by atoms with E-state index in [1.807, 2.05) is 78.6 Å². The maximum Gasteiger partial charge on any atom is 0.238 e. The molecule has 4 nitrogen and oxygen atoms in total. The van der Waals surface area contributed by atoms with Crippen LogP contribution >= 0.6 is 11.8 Å². The quantitative estimate of drug-likeness (QED) is 0.425. The largest absolute Gasteiger partial charge is 0.326 e. The summed E-state index contributed by atoms with van der Waals surface area (Å²) < 4.78 is 0. The van der Waals surface area contributed by atoms with E-state index in [4.69, 9.17) is 0 Å². The summed E-state index contributed by atoms with van der Waals surface area (Å²) >= 11 is 1.63. The van der Waals surface area contributed by atoms with Gasteiger partial charge in [-0.15, -0.1) is 11.8 Å². The number of hydrogen-bond acceptors (Lipinski definition) is 3. The van der Waals surface area contributed by atoms with Crippen LogP contribution in [0.1, 0.15) is 62.1 Å². The minimum atomic E-state index is -0.185. The first-order chi connectivity index (χ1) is 16.3. The van der Waals surface area contributed by atoms with E-state index < -0.39 is 0 Å². The molecule has 176 valence electrons. The Morgan fingerprint density at radius 2 is 1.65 bits per heavy atom. The lowest BCUT2D eigenvalue weighted by Crippen LogP contribution is -2.28. The first-order valence-corrected chi connectivity index (χ1v) is 12.8. The third kappa shape index (κ3) is 5.20. The van der Waals surface area contributed by atoms with Crippen molar-refractivity contribution in [3.05, 3.63) is 95.6 Å². The topological polar surface area (TPSA) is 49.4 Å². The van der Waals surface area contributed by atoms with Gasteiger partial charge in [0.1, 0.15) is 5.37 Å². The van der Waals surface area contributed by atoms with E-state index in [2.05, 4.69) is 38.2 Å². The second kappa shape index (κ2) is 10.1. The third-order valence-electron chi connectivity index (χ3n) is 6.27. The molecule has 1 N–H and O–H groups in total. The van der Waals surface area contributed by atoms with Gasteiger partial charge in [-0.3, -0.25) is 14.5 Å². The summed E-state index contributed by atoms with van der Waals surface area (Å²) in [4.78, 5) is 27.5. The number of nitrogens with one attached hydrogen (secondary N) is 1. The van der Waals surface area contributed by atoms with Crippen molar-refractivity contribution in [2.75, 3.05) is 16.0 Å². The molecule has 1 heterocycles. The van der Waals surface area contributed by atoms with Crippen molar-refractivity contribution in [3.63, 3.8) is 0 Å². The van der Waals surface area contributed by atoms with Gasteiger partial charge in [-0.05, 0) is 52.8 Å². The lowest BCUT2D eigenvalue weighted by Gasteiger charge is -2.26. The number of hydrogen-bond donors (Lipinski definition) is 1. The normalized spacial score (nSPS) is 17.0. The van der Waals surface area contributed by atoms with Gasteiger partial charge in [-0.25, -0.2) is 0 Å². The molecule has 1 fully saturated rings. The van der Waals surface area contributed by atoms with E-state index in [1.54, 1.807) is 11.8 Å². The van der Waals surface area contributed by atoms with E-state index in [9.17, 15) is 9.59 Å². The summed E-state index contributed by atoms with van der Waals surface area (Å²) in [5, 5.41) is 2.98. The van der Waals surface area contributed by atoms with Crippen LogP contribution in [-0.4, -0.2) is 17.6 Å². The smallest absolute Gasteiger partial charge is 0.238 e. The number of carbonyl (C=O) groups is 2. The van der Waals surface area contributed by atoms with Crippen LogP contribution in [0.4, 0.5) is 11.4 Å². The average Bonchev–Trinajstić information content (AvgIpc) is 3.21. The zero-order valence-corrected chi connectivity index (χ0v) is 21.1. The van der Waals surface area contributed by atoms with Crippen molar-refractivity contribution >= 4 is 35.0 Å². The van der Waals surface area contributed by atoms with E-state index in [0.29, 0.717) is 5.75 Å². The lowest BCUT2D eigenvalue weighted by molar-refractivity contribution is -0.118. The van der Waals surface area contributed by atoms with Gasteiger partial charge in [0.25, 0.3) is 0 Å². The Balaban J connectivity index is 1.49. The van der Waals surface area contributed by atoms with Crippen LogP contribution < -0.4 is 10.2 Å². The van der Waals surface area contributed by atoms with Gasteiger partial charge in [0, 0.05) is 11.4 Å². The molecule has 5 heteroatoms. The summed E-state index contributed by atoms with van der Waals surface area (Å²) in [7, 11) is 0. The fourth-order valence-electron chi connectivity index (χ4n) is 4.29. The molecule has 1 aliphatic rings. The van der Waals surface area contributed by atoms with Gasteiger partial charge in [-0.2, -0.15) is 0 Å². The molecule has 0 spiro atoms. The SMILES string of the molecule is CC[C@H](C(=O)Nc1ccc([C@H]2SCC(=O)N2c2ccc(C(C)(C)C)cc2)cc1)c1ccccc1. The predicted molar refractivity (Wildman–Crippen MR) is 142 cm³/mol. The van der Waals surface area contributed by atoms with Crippen LogP contribution in [0, 0.1) is 0 Å². The molecule has 0 aromatic heterocycles. The Hall–Kier alpha value is -3.05. The monoisotopic (exact) mass is 472 g/mol. The lowest BCUT2D eigenvalue weighted by atomic mass is 9.87. The highest BCUT2D eigenvalue weighted by molar-refractivity contribution is 8.00. The highest BCUT2D eigenvalue weighted by Gasteiger charge is 2.34. The van der Waals surface area contributed by atoms with Crippen molar-refractivity contribution in [2.45, 2.75) is 50.8 Å². The van der Waals surface area contributed by atoms with E-state index in [0.717, 1.165) is 28.9 Å². The Bertz CT molecular complexity index is 1140. The highest BCUT2D eigenvalue weighted by Crippen LogP contribution is 2.42. The molecule has 2 atom stereocenters. The highest BCUT2D eigenvalue weighted by atomic mass is 32.2. The maximum atomic E-state index is 12.9. The molecule has 2 amide bonds.